The minimum atomic E-state index is -0.194. The van der Waals surface area contributed by atoms with Crippen LogP contribution in [0.2, 0.25) is 0 Å². The fraction of sp³-hybridized carbons (Fsp3) is 0.214. The van der Waals surface area contributed by atoms with Gasteiger partial charge in [0, 0.05) is 0 Å². The normalized spacial score (nSPS) is 16.6. The van der Waals surface area contributed by atoms with Crippen molar-refractivity contribution in [3.8, 4) is 11.8 Å². The number of aromatic hydroxyl groups is 1. The molecule has 5 nitrogen and oxygen atoms in total. The van der Waals surface area contributed by atoms with Gasteiger partial charge in [0.05, 0.1) is 30.3 Å². The van der Waals surface area contributed by atoms with Gasteiger partial charge in [0.25, 0.3) is 5.91 Å². The monoisotopic (exact) mass is 255 g/mol. The van der Waals surface area contributed by atoms with Crippen molar-refractivity contribution in [1.82, 2.24) is 5.01 Å². The first-order chi connectivity index (χ1) is 9.11. The lowest BCUT2D eigenvalue weighted by Crippen LogP contribution is -2.22. The molecule has 96 valence electrons. The van der Waals surface area contributed by atoms with E-state index in [9.17, 15) is 9.90 Å². The van der Waals surface area contributed by atoms with Gasteiger partial charge in [-0.15, -0.1) is 0 Å². The van der Waals surface area contributed by atoms with E-state index in [1.165, 1.54) is 5.01 Å². The number of hydrogen-bond donors (Lipinski definition) is 1. The molecule has 0 saturated heterocycles. The Kier molecular flexibility index (Phi) is 3.62. The Morgan fingerprint density at radius 1 is 1.42 bits per heavy atom. The number of rotatable bonds is 3. The van der Waals surface area contributed by atoms with Crippen LogP contribution in [0.4, 0.5) is 0 Å². The lowest BCUT2D eigenvalue weighted by atomic mass is 10.1. The standard InChI is InChI=1S/C14H13N3O2/c1-10-13(9-11-3-5-12(18)6-4-11)14(19)17(16-10)8-2-7-15/h3-6,9,18H,2,8H2,1H3/b13-9+. The number of hydrogen-bond acceptors (Lipinski definition) is 4. The van der Waals surface area contributed by atoms with Gasteiger partial charge in [-0.05, 0) is 30.7 Å². The molecular formula is C14H13N3O2. The van der Waals surface area contributed by atoms with Crippen molar-refractivity contribution in [2.75, 3.05) is 6.54 Å². The number of hydrazone groups is 1. The number of carbonyl (C=O) groups excluding carboxylic acids is 1. The molecule has 0 atom stereocenters. The summed E-state index contributed by atoms with van der Waals surface area (Å²) in [6.45, 7) is 2.07. The highest BCUT2D eigenvalue weighted by atomic mass is 16.3. The summed E-state index contributed by atoms with van der Waals surface area (Å²) < 4.78 is 0. The molecule has 1 heterocycles. The molecule has 0 fully saturated rings. The van der Waals surface area contributed by atoms with Crippen LogP contribution in [0.3, 0.4) is 0 Å². The van der Waals surface area contributed by atoms with Crippen molar-refractivity contribution in [2.24, 2.45) is 5.10 Å². The SMILES string of the molecule is CC1=NN(CCC#N)C(=O)/C1=C/c1ccc(O)cc1. The third-order valence-electron chi connectivity index (χ3n) is 2.76. The van der Waals surface area contributed by atoms with Gasteiger partial charge < -0.3 is 5.11 Å². The third kappa shape index (κ3) is 2.80. The summed E-state index contributed by atoms with van der Waals surface area (Å²) in [7, 11) is 0. The molecule has 1 aliphatic heterocycles. The minimum absolute atomic E-state index is 0.181. The number of carbonyl (C=O) groups is 1. The van der Waals surface area contributed by atoms with Crippen LogP contribution in [-0.2, 0) is 4.79 Å². The van der Waals surface area contributed by atoms with E-state index in [4.69, 9.17) is 5.26 Å². The van der Waals surface area contributed by atoms with Crippen molar-refractivity contribution in [2.45, 2.75) is 13.3 Å². The molecule has 0 radical (unpaired) electrons. The first kappa shape index (κ1) is 12.8. The molecule has 0 aromatic heterocycles. The first-order valence-corrected chi connectivity index (χ1v) is 5.87. The summed E-state index contributed by atoms with van der Waals surface area (Å²) in [6.07, 6.45) is 1.99. The summed E-state index contributed by atoms with van der Waals surface area (Å²) >= 11 is 0. The van der Waals surface area contributed by atoms with Crippen LogP contribution in [0.15, 0.2) is 34.9 Å². The second kappa shape index (κ2) is 5.36. The largest absolute Gasteiger partial charge is 0.508 e. The van der Waals surface area contributed by atoms with E-state index in [-0.39, 0.29) is 18.1 Å². The van der Waals surface area contributed by atoms with E-state index in [0.717, 1.165) is 5.56 Å². The molecule has 1 aromatic carbocycles. The van der Waals surface area contributed by atoms with Crippen LogP contribution < -0.4 is 0 Å². The van der Waals surface area contributed by atoms with Crippen LogP contribution >= 0.6 is 0 Å². The van der Waals surface area contributed by atoms with Crippen LogP contribution in [0.1, 0.15) is 18.9 Å². The Bertz CT molecular complexity index is 594. The van der Waals surface area contributed by atoms with Crippen molar-refractivity contribution >= 4 is 17.7 Å². The van der Waals surface area contributed by atoms with Crippen molar-refractivity contribution < 1.29 is 9.90 Å². The Morgan fingerprint density at radius 2 is 2.11 bits per heavy atom. The van der Waals surface area contributed by atoms with Crippen LogP contribution in [0.25, 0.3) is 6.08 Å². The Balaban J connectivity index is 2.22. The van der Waals surface area contributed by atoms with E-state index in [1.807, 2.05) is 6.07 Å². The van der Waals surface area contributed by atoms with Gasteiger partial charge in [-0.2, -0.15) is 10.4 Å². The smallest absolute Gasteiger partial charge is 0.275 e. The van der Waals surface area contributed by atoms with Gasteiger partial charge in [0.15, 0.2) is 0 Å². The number of benzene rings is 1. The van der Waals surface area contributed by atoms with Gasteiger partial charge in [-0.3, -0.25) is 4.79 Å². The van der Waals surface area contributed by atoms with E-state index in [0.29, 0.717) is 17.8 Å². The molecule has 0 saturated carbocycles. The van der Waals surface area contributed by atoms with E-state index in [1.54, 1.807) is 37.3 Å². The third-order valence-corrected chi connectivity index (χ3v) is 2.76. The molecule has 19 heavy (non-hydrogen) atoms. The molecule has 0 spiro atoms. The lowest BCUT2D eigenvalue weighted by molar-refractivity contribution is -0.125. The highest BCUT2D eigenvalue weighted by Gasteiger charge is 2.26. The van der Waals surface area contributed by atoms with Crippen molar-refractivity contribution in [3.63, 3.8) is 0 Å². The Labute approximate surface area is 111 Å². The van der Waals surface area contributed by atoms with Crippen LogP contribution in [0, 0.1) is 11.3 Å². The summed E-state index contributed by atoms with van der Waals surface area (Å²) in [5.41, 5.74) is 1.97. The zero-order chi connectivity index (χ0) is 13.8. The van der Waals surface area contributed by atoms with Gasteiger partial charge in [-0.1, -0.05) is 12.1 Å². The van der Waals surface area contributed by atoms with E-state index < -0.39 is 0 Å². The van der Waals surface area contributed by atoms with E-state index in [2.05, 4.69) is 5.10 Å². The summed E-state index contributed by atoms with van der Waals surface area (Å²) in [4.78, 5) is 12.1. The highest BCUT2D eigenvalue weighted by Crippen LogP contribution is 2.19. The van der Waals surface area contributed by atoms with Crippen LogP contribution in [-0.4, -0.2) is 28.3 Å². The predicted octanol–water partition coefficient (Wildman–Crippen LogP) is 1.91. The second-order valence-corrected chi connectivity index (χ2v) is 4.17. The summed E-state index contributed by atoms with van der Waals surface area (Å²) in [6, 6.07) is 8.56. The average Bonchev–Trinajstić information content (AvgIpc) is 2.66. The molecule has 1 aliphatic rings. The van der Waals surface area contributed by atoms with Crippen molar-refractivity contribution in [1.29, 1.82) is 5.26 Å². The second-order valence-electron chi connectivity index (χ2n) is 4.17. The number of nitriles is 1. The maximum Gasteiger partial charge on any atom is 0.275 e. The minimum Gasteiger partial charge on any atom is -0.508 e. The zero-order valence-corrected chi connectivity index (χ0v) is 10.5. The van der Waals surface area contributed by atoms with Crippen molar-refractivity contribution in [3.05, 3.63) is 35.4 Å². The molecular weight excluding hydrogens is 242 g/mol. The summed E-state index contributed by atoms with van der Waals surface area (Å²) in [5, 5.41) is 23.2. The average molecular weight is 255 g/mol. The molecule has 1 N–H and O–H groups in total. The van der Waals surface area contributed by atoms with Crippen LogP contribution in [0.5, 0.6) is 5.75 Å². The number of phenolic OH excluding ortho intramolecular Hbond substituents is 1. The maximum absolute atomic E-state index is 12.1. The van der Waals surface area contributed by atoms with Gasteiger partial charge >= 0.3 is 0 Å². The molecule has 1 amide bonds. The number of nitrogens with zero attached hydrogens (tertiary/aromatic N) is 3. The fourth-order valence-electron chi connectivity index (χ4n) is 1.78. The first-order valence-electron chi connectivity index (χ1n) is 5.87. The van der Waals surface area contributed by atoms with Gasteiger partial charge in [0.1, 0.15) is 5.75 Å². The predicted molar refractivity (Wildman–Crippen MR) is 71.1 cm³/mol. The van der Waals surface area contributed by atoms with Gasteiger partial charge in [0.2, 0.25) is 0 Å². The number of amides is 1. The molecule has 5 heteroatoms. The highest BCUT2D eigenvalue weighted by molar-refractivity contribution is 6.26. The van der Waals surface area contributed by atoms with E-state index >= 15 is 0 Å². The molecule has 1 aromatic rings. The fourth-order valence-corrected chi connectivity index (χ4v) is 1.78. The van der Waals surface area contributed by atoms with Gasteiger partial charge in [-0.25, -0.2) is 5.01 Å². The zero-order valence-electron chi connectivity index (χ0n) is 10.5. The lowest BCUT2D eigenvalue weighted by Gasteiger charge is -2.08. The Morgan fingerprint density at radius 3 is 2.74 bits per heavy atom. The molecule has 0 aliphatic carbocycles. The number of phenols is 1. The summed E-state index contributed by atoms with van der Waals surface area (Å²) in [5.74, 6) is -0.0123. The Hall–Kier alpha value is -2.61. The molecule has 2 rings (SSSR count). The quantitative estimate of drug-likeness (QED) is 0.838. The molecule has 0 bridgehead atoms. The maximum atomic E-state index is 12.1. The molecule has 0 unspecified atom stereocenters. The topological polar surface area (TPSA) is 76.7 Å².